The smallest absolute Gasteiger partial charge is 0.314 e. The van der Waals surface area contributed by atoms with Gasteiger partial charge in [0.1, 0.15) is 11.5 Å². The van der Waals surface area contributed by atoms with Gasteiger partial charge in [0.2, 0.25) is 10.0 Å². The van der Waals surface area contributed by atoms with Crippen molar-refractivity contribution in [2.24, 2.45) is 5.92 Å². The summed E-state index contributed by atoms with van der Waals surface area (Å²) in [4.78, 5) is 22.7. The van der Waals surface area contributed by atoms with Crippen LogP contribution >= 0.6 is 0 Å². The van der Waals surface area contributed by atoms with Gasteiger partial charge in [0, 0.05) is 25.2 Å². The van der Waals surface area contributed by atoms with Gasteiger partial charge in [-0.1, -0.05) is 6.07 Å². The molecule has 0 unspecified atom stereocenters. The number of hydrogen-bond acceptors (Lipinski definition) is 7. The molecule has 0 radical (unpaired) electrons. The largest absolute Gasteiger partial charge is 0.497 e. The topological polar surface area (TPSA) is 116 Å². The molecule has 1 saturated heterocycles. The summed E-state index contributed by atoms with van der Waals surface area (Å²) in [5.41, 5.74) is 0.152. The van der Waals surface area contributed by atoms with Gasteiger partial charge < -0.3 is 9.47 Å². The number of sulfonamides is 1. The van der Waals surface area contributed by atoms with Crippen LogP contribution in [0, 0.1) is 23.0 Å². The Morgan fingerprint density at radius 1 is 1.10 bits per heavy atom. The van der Waals surface area contributed by atoms with Gasteiger partial charge in [-0.2, -0.15) is 4.31 Å². The first-order chi connectivity index (χ1) is 14.2. The normalized spacial score (nSPS) is 15.5. The zero-order valence-electron chi connectivity index (χ0n) is 16.6. The molecule has 0 N–H and O–H groups in total. The Bertz CT molecular complexity index is 1040. The van der Waals surface area contributed by atoms with Crippen molar-refractivity contribution in [1.82, 2.24) is 4.31 Å². The summed E-state index contributed by atoms with van der Waals surface area (Å²) in [7, 11) is -2.36. The van der Waals surface area contributed by atoms with Crippen molar-refractivity contribution in [2.75, 3.05) is 20.2 Å². The summed E-state index contributed by atoms with van der Waals surface area (Å²) in [5.74, 6) is 0.196. The Morgan fingerprint density at radius 2 is 1.70 bits per heavy atom. The van der Waals surface area contributed by atoms with E-state index in [1.807, 2.05) is 0 Å². The first kappa shape index (κ1) is 21.7. The Labute approximate surface area is 174 Å². The van der Waals surface area contributed by atoms with Gasteiger partial charge in [-0.3, -0.25) is 14.9 Å². The average Bonchev–Trinajstić information content (AvgIpc) is 2.74. The number of esters is 1. The van der Waals surface area contributed by atoms with Crippen LogP contribution < -0.4 is 9.47 Å². The van der Waals surface area contributed by atoms with Crippen LogP contribution in [0.4, 0.5) is 5.69 Å². The molecule has 10 heteroatoms. The van der Waals surface area contributed by atoms with Crippen LogP contribution in [0.1, 0.15) is 18.4 Å². The van der Waals surface area contributed by atoms with E-state index in [-0.39, 0.29) is 23.7 Å². The molecule has 1 aliphatic rings. The van der Waals surface area contributed by atoms with Crippen LogP contribution in [-0.4, -0.2) is 43.8 Å². The molecule has 0 bridgehead atoms. The molecule has 0 amide bonds. The van der Waals surface area contributed by atoms with Gasteiger partial charge in [0.25, 0.3) is 5.69 Å². The maximum absolute atomic E-state index is 13.0. The number of nitro benzene ring substituents is 1. The Balaban J connectivity index is 1.66. The van der Waals surface area contributed by atoms with Crippen LogP contribution in [0.2, 0.25) is 0 Å². The van der Waals surface area contributed by atoms with Crippen LogP contribution in [0.15, 0.2) is 47.4 Å². The highest BCUT2D eigenvalue weighted by Crippen LogP contribution is 2.29. The van der Waals surface area contributed by atoms with Crippen molar-refractivity contribution in [2.45, 2.75) is 24.7 Å². The second kappa shape index (κ2) is 8.80. The van der Waals surface area contributed by atoms with Gasteiger partial charge in [-0.25, -0.2) is 8.42 Å². The number of nitrogens with zero attached hydrogens (tertiary/aromatic N) is 2. The van der Waals surface area contributed by atoms with Crippen molar-refractivity contribution in [3.05, 3.63) is 58.1 Å². The predicted molar refractivity (Wildman–Crippen MR) is 108 cm³/mol. The number of benzene rings is 2. The molecule has 30 heavy (non-hydrogen) atoms. The number of carbonyl (C=O) groups is 1. The van der Waals surface area contributed by atoms with Crippen LogP contribution in [0.5, 0.6) is 11.5 Å². The maximum atomic E-state index is 13.0. The minimum absolute atomic E-state index is 0.0871. The average molecular weight is 434 g/mol. The highest BCUT2D eigenvalue weighted by molar-refractivity contribution is 7.89. The van der Waals surface area contributed by atoms with Gasteiger partial charge in [-0.15, -0.1) is 0 Å². The highest BCUT2D eigenvalue weighted by Gasteiger charge is 2.34. The van der Waals surface area contributed by atoms with E-state index in [2.05, 4.69) is 0 Å². The number of methoxy groups -OCH3 is 1. The standard InChI is InChI=1S/C20H22N2O7S/c1-14-3-4-16(22(24)25)13-19(14)30(26,27)21-11-9-15(10-12-21)20(23)29-18-7-5-17(28-2)6-8-18/h3-8,13,15H,9-12H2,1-2H3. The van der Waals surface area contributed by atoms with E-state index in [0.717, 1.165) is 6.07 Å². The summed E-state index contributed by atoms with van der Waals surface area (Å²) in [6.07, 6.45) is 0.615. The molecule has 2 aromatic carbocycles. The van der Waals surface area contributed by atoms with E-state index in [4.69, 9.17) is 9.47 Å². The summed E-state index contributed by atoms with van der Waals surface area (Å²) in [6, 6.07) is 10.4. The monoisotopic (exact) mass is 434 g/mol. The lowest BCUT2D eigenvalue weighted by atomic mass is 9.98. The molecule has 2 aromatic rings. The third-order valence-electron chi connectivity index (χ3n) is 5.07. The SMILES string of the molecule is COc1ccc(OC(=O)C2CCN(S(=O)(=O)c3cc([N+](=O)[O-])ccc3C)CC2)cc1. The fraction of sp³-hybridized carbons (Fsp3) is 0.350. The Morgan fingerprint density at radius 3 is 2.27 bits per heavy atom. The summed E-state index contributed by atoms with van der Waals surface area (Å²) in [5, 5.41) is 11.0. The van der Waals surface area contributed by atoms with E-state index >= 15 is 0 Å². The molecule has 1 fully saturated rings. The third-order valence-corrected chi connectivity index (χ3v) is 7.11. The number of carbonyl (C=O) groups excluding carboxylic acids is 1. The molecule has 1 aliphatic heterocycles. The van der Waals surface area contributed by atoms with Crippen molar-refractivity contribution in [3.8, 4) is 11.5 Å². The van der Waals surface area contributed by atoms with E-state index in [9.17, 15) is 23.3 Å². The van der Waals surface area contributed by atoms with Crippen LogP contribution in [0.25, 0.3) is 0 Å². The zero-order valence-corrected chi connectivity index (χ0v) is 17.4. The Kier molecular flexibility index (Phi) is 6.37. The van der Waals surface area contributed by atoms with Gasteiger partial charge in [-0.05, 0) is 49.6 Å². The second-order valence-electron chi connectivity index (χ2n) is 6.98. The molecule has 0 aliphatic carbocycles. The van der Waals surface area contributed by atoms with E-state index < -0.39 is 26.8 Å². The van der Waals surface area contributed by atoms with Crippen molar-refractivity contribution >= 4 is 21.7 Å². The molecule has 0 saturated carbocycles. The Hall–Kier alpha value is -2.98. The van der Waals surface area contributed by atoms with Gasteiger partial charge >= 0.3 is 5.97 Å². The molecule has 3 rings (SSSR count). The fourth-order valence-corrected chi connectivity index (χ4v) is 5.01. The fourth-order valence-electron chi connectivity index (χ4n) is 3.29. The van der Waals surface area contributed by atoms with Crippen molar-refractivity contribution < 1.29 is 27.6 Å². The molecular weight excluding hydrogens is 412 g/mol. The highest BCUT2D eigenvalue weighted by atomic mass is 32.2. The van der Waals surface area contributed by atoms with Crippen molar-refractivity contribution in [3.63, 3.8) is 0 Å². The zero-order chi connectivity index (χ0) is 21.9. The molecule has 0 atom stereocenters. The predicted octanol–water partition coefficient (Wildman–Crippen LogP) is 2.92. The number of rotatable bonds is 6. The molecular formula is C20H22N2O7S. The third kappa shape index (κ3) is 4.60. The van der Waals surface area contributed by atoms with Gasteiger partial charge in [0.05, 0.1) is 22.8 Å². The lowest BCUT2D eigenvalue weighted by Crippen LogP contribution is -2.41. The first-order valence-electron chi connectivity index (χ1n) is 9.33. The van der Waals surface area contributed by atoms with Crippen LogP contribution in [-0.2, 0) is 14.8 Å². The molecule has 0 spiro atoms. The van der Waals surface area contributed by atoms with Crippen molar-refractivity contribution in [1.29, 1.82) is 0 Å². The van der Waals surface area contributed by atoms with E-state index in [1.165, 1.54) is 23.5 Å². The minimum Gasteiger partial charge on any atom is -0.497 e. The summed E-state index contributed by atoms with van der Waals surface area (Å²) >= 11 is 0. The molecule has 0 aromatic heterocycles. The maximum Gasteiger partial charge on any atom is 0.314 e. The molecule has 160 valence electrons. The summed E-state index contributed by atoms with van der Waals surface area (Å²) in [6.45, 7) is 1.86. The van der Waals surface area contributed by atoms with Crippen LogP contribution in [0.3, 0.4) is 0 Å². The number of non-ortho nitro benzene ring substituents is 1. The number of nitro groups is 1. The summed E-state index contributed by atoms with van der Waals surface area (Å²) < 4.78 is 37.7. The van der Waals surface area contributed by atoms with E-state index in [0.29, 0.717) is 29.9 Å². The first-order valence-corrected chi connectivity index (χ1v) is 10.8. The number of hydrogen-bond donors (Lipinski definition) is 0. The molecule has 9 nitrogen and oxygen atoms in total. The molecule has 1 heterocycles. The quantitative estimate of drug-likeness (QED) is 0.297. The van der Waals surface area contributed by atoms with E-state index in [1.54, 1.807) is 31.2 Å². The lowest BCUT2D eigenvalue weighted by Gasteiger charge is -2.30. The number of piperidine rings is 1. The number of ether oxygens (including phenoxy) is 2. The second-order valence-corrected chi connectivity index (χ2v) is 8.89. The number of aryl methyl sites for hydroxylation is 1. The lowest BCUT2D eigenvalue weighted by molar-refractivity contribution is -0.385. The van der Waals surface area contributed by atoms with Gasteiger partial charge in [0.15, 0.2) is 0 Å². The minimum atomic E-state index is -3.90.